The highest BCUT2D eigenvalue weighted by atomic mass is 19.2. The molecule has 0 aliphatic heterocycles. The van der Waals surface area contributed by atoms with E-state index in [0.29, 0.717) is 0 Å². The zero-order valence-corrected chi connectivity index (χ0v) is 9.08. The third kappa shape index (κ3) is 2.49. The Labute approximate surface area is 94.2 Å². The number of halogens is 5. The maximum Gasteiger partial charge on any atom is 0.207 e. The lowest BCUT2D eigenvalue weighted by Gasteiger charge is -2.25. The van der Waals surface area contributed by atoms with Gasteiger partial charge in [0.25, 0.3) is 0 Å². The van der Waals surface area contributed by atoms with E-state index in [2.05, 4.69) is 0 Å². The van der Waals surface area contributed by atoms with E-state index >= 15 is 0 Å². The van der Waals surface area contributed by atoms with Crippen LogP contribution in [0.2, 0.25) is 0 Å². The number of ether oxygens (including phenoxy) is 1. The molecule has 0 fully saturated rings. The molecule has 96 valence electrons. The molecule has 1 aromatic carbocycles. The topological polar surface area (TPSA) is 35.2 Å². The minimum Gasteiger partial charge on any atom is -0.480 e. The minimum atomic E-state index is -2.22. The molecular weight excluding hydrogens is 245 g/mol. The molecule has 0 aliphatic rings. The fourth-order valence-corrected chi connectivity index (χ4v) is 0.992. The van der Waals surface area contributed by atoms with Crippen molar-refractivity contribution in [2.45, 2.75) is 19.4 Å². The molecule has 0 saturated carbocycles. The van der Waals surface area contributed by atoms with Crippen LogP contribution < -0.4 is 10.5 Å². The lowest BCUT2D eigenvalue weighted by atomic mass is 10.1. The van der Waals surface area contributed by atoms with Crippen LogP contribution in [0, 0.1) is 29.1 Å². The summed E-state index contributed by atoms with van der Waals surface area (Å²) in [6.45, 7) is 2.54. The van der Waals surface area contributed by atoms with Crippen LogP contribution >= 0.6 is 0 Å². The molecule has 1 rings (SSSR count). The quantitative estimate of drug-likeness (QED) is 0.511. The molecule has 2 nitrogen and oxygen atoms in total. The molecule has 2 N–H and O–H groups in total. The fourth-order valence-electron chi connectivity index (χ4n) is 0.992. The van der Waals surface area contributed by atoms with E-state index in [-0.39, 0.29) is 6.54 Å². The lowest BCUT2D eigenvalue weighted by Crippen LogP contribution is -2.37. The van der Waals surface area contributed by atoms with Gasteiger partial charge in [0.05, 0.1) is 0 Å². The predicted molar refractivity (Wildman–Crippen MR) is 50.0 cm³/mol. The summed E-state index contributed by atoms with van der Waals surface area (Å²) in [5.74, 6) is -11.7. The third-order valence-electron chi connectivity index (χ3n) is 2.04. The summed E-state index contributed by atoms with van der Waals surface area (Å²) in [7, 11) is 0. The summed E-state index contributed by atoms with van der Waals surface area (Å²) < 4.78 is 69.4. The highest BCUT2D eigenvalue weighted by Gasteiger charge is 2.30. The molecule has 0 bridgehead atoms. The van der Waals surface area contributed by atoms with Crippen molar-refractivity contribution in [1.82, 2.24) is 0 Å². The first-order valence-corrected chi connectivity index (χ1v) is 4.61. The molecule has 0 radical (unpaired) electrons. The van der Waals surface area contributed by atoms with Crippen LogP contribution in [-0.2, 0) is 0 Å². The average Bonchev–Trinajstić information content (AvgIpc) is 2.30. The van der Waals surface area contributed by atoms with E-state index in [1.165, 1.54) is 13.8 Å². The number of hydrogen-bond donors (Lipinski definition) is 1. The third-order valence-corrected chi connectivity index (χ3v) is 2.04. The van der Waals surface area contributed by atoms with E-state index in [0.717, 1.165) is 0 Å². The van der Waals surface area contributed by atoms with Gasteiger partial charge in [-0.05, 0) is 13.8 Å². The van der Waals surface area contributed by atoms with E-state index < -0.39 is 40.4 Å². The van der Waals surface area contributed by atoms with Gasteiger partial charge in [0.1, 0.15) is 5.60 Å². The van der Waals surface area contributed by atoms with Gasteiger partial charge in [-0.15, -0.1) is 0 Å². The van der Waals surface area contributed by atoms with E-state index in [1.807, 2.05) is 0 Å². The SMILES string of the molecule is CC(C)(CN)Oc1c(F)c(F)c(F)c(F)c1F. The second-order valence-electron chi connectivity index (χ2n) is 3.96. The van der Waals surface area contributed by atoms with Crippen molar-refractivity contribution in [2.24, 2.45) is 5.73 Å². The molecule has 17 heavy (non-hydrogen) atoms. The Balaban J connectivity index is 3.35. The zero-order chi connectivity index (χ0) is 13.4. The standard InChI is InChI=1S/C10H10F5NO/c1-10(2,3-16)17-9-7(14)5(12)4(11)6(13)8(9)15/h3,16H2,1-2H3. The Bertz CT molecular complexity index is 418. The first kappa shape index (κ1) is 13.7. The Morgan fingerprint density at radius 3 is 1.59 bits per heavy atom. The van der Waals surface area contributed by atoms with Crippen LogP contribution in [0.5, 0.6) is 5.75 Å². The normalized spacial score (nSPS) is 11.8. The highest BCUT2D eigenvalue weighted by molar-refractivity contribution is 5.30. The highest BCUT2D eigenvalue weighted by Crippen LogP contribution is 2.31. The van der Waals surface area contributed by atoms with Gasteiger partial charge >= 0.3 is 0 Å². The van der Waals surface area contributed by atoms with Crippen LogP contribution in [0.3, 0.4) is 0 Å². The van der Waals surface area contributed by atoms with Gasteiger partial charge in [-0.3, -0.25) is 0 Å². The molecule has 0 amide bonds. The predicted octanol–water partition coefficient (Wildman–Crippen LogP) is 2.50. The maximum absolute atomic E-state index is 13.2. The van der Waals surface area contributed by atoms with Crippen molar-refractivity contribution in [2.75, 3.05) is 6.54 Å². The molecule has 1 aromatic rings. The van der Waals surface area contributed by atoms with E-state index in [9.17, 15) is 22.0 Å². The van der Waals surface area contributed by atoms with E-state index in [1.54, 1.807) is 0 Å². The molecule has 0 aliphatic carbocycles. The molecular formula is C10H10F5NO. The monoisotopic (exact) mass is 255 g/mol. The first-order chi connectivity index (χ1) is 7.71. The van der Waals surface area contributed by atoms with Crippen molar-refractivity contribution in [1.29, 1.82) is 0 Å². The Morgan fingerprint density at radius 2 is 1.24 bits per heavy atom. The van der Waals surface area contributed by atoms with Crippen LogP contribution in [0.4, 0.5) is 22.0 Å². The molecule has 0 aromatic heterocycles. The summed E-state index contributed by atoms with van der Waals surface area (Å²) >= 11 is 0. The lowest BCUT2D eigenvalue weighted by molar-refractivity contribution is 0.102. The second-order valence-corrected chi connectivity index (χ2v) is 3.96. The van der Waals surface area contributed by atoms with Gasteiger partial charge in [-0.2, -0.15) is 8.78 Å². The van der Waals surface area contributed by atoms with Gasteiger partial charge in [-0.1, -0.05) is 0 Å². The molecule has 0 spiro atoms. The molecule has 0 atom stereocenters. The number of nitrogens with two attached hydrogens (primary N) is 1. The maximum atomic E-state index is 13.2. The largest absolute Gasteiger partial charge is 0.480 e. The molecule has 7 heteroatoms. The summed E-state index contributed by atoms with van der Waals surface area (Å²) in [5.41, 5.74) is 3.98. The molecule has 0 unspecified atom stereocenters. The summed E-state index contributed by atoms with van der Waals surface area (Å²) in [6, 6.07) is 0. The van der Waals surface area contributed by atoms with Gasteiger partial charge in [0, 0.05) is 6.54 Å². The van der Waals surface area contributed by atoms with Crippen molar-refractivity contribution in [3.8, 4) is 5.75 Å². The van der Waals surface area contributed by atoms with Gasteiger partial charge in [0.15, 0.2) is 5.75 Å². The molecule has 0 saturated heterocycles. The van der Waals surface area contributed by atoms with Crippen LogP contribution in [0.15, 0.2) is 0 Å². The van der Waals surface area contributed by atoms with Crippen molar-refractivity contribution < 1.29 is 26.7 Å². The number of rotatable bonds is 3. The van der Waals surface area contributed by atoms with Gasteiger partial charge in [0.2, 0.25) is 29.1 Å². The Morgan fingerprint density at radius 1 is 0.882 bits per heavy atom. The summed E-state index contributed by atoms with van der Waals surface area (Å²) in [4.78, 5) is 0. The zero-order valence-electron chi connectivity index (χ0n) is 9.08. The number of hydrogen-bond acceptors (Lipinski definition) is 2. The average molecular weight is 255 g/mol. The molecule has 0 heterocycles. The van der Waals surface area contributed by atoms with Crippen molar-refractivity contribution in [3.63, 3.8) is 0 Å². The van der Waals surface area contributed by atoms with Crippen LogP contribution in [0.1, 0.15) is 13.8 Å². The van der Waals surface area contributed by atoms with Crippen LogP contribution in [-0.4, -0.2) is 12.1 Å². The fraction of sp³-hybridized carbons (Fsp3) is 0.400. The summed E-state index contributed by atoms with van der Waals surface area (Å²) in [6.07, 6.45) is 0. The van der Waals surface area contributed by atoms with Gasteiger partial charge in [-0.25, -0.2) is 13.2 Å². The second kappa shape index (κ2) is 4.48. The van der Waals surface area contributed by atoms with E-state index in [4.69, 9.17) is 10.5 Å². The minimum absolute atomic E-state index is 0.160. The van der Waals surface area contributed by atoms with Crippen LogP contribution in [0.25, 0.3) is 0 Å². The first-order valence-electron chi connectivity index (χ1n) is 4.61. The van der Waals surface area contributed by atoms with Crippen molar-refractivity contribution >= 4 is 0 Å². The Hall–Kier alpha value is -1.37. The smallest absolute Gasteiger partial charge is 0.207 e. The van der Waals surface area contributed by atoms with Gasteiger partial charge < -0.3 is 10.5 Å². The Kier molecular flexibility index (Phi) is 3.61. The van der Waals surface area contributed by atoms with Crippen molar-refractivity contribution in [3.05, 3.63) is 29.1 Å². The summed E-state index contributed by atoms with van der Waals surface area (Å²) in [5, 5.41) is 0. The number of benzene rings is 1.